The van der Waals surface area contributed by atoms with Gasteiger partial charge in [0.15, 0.2) is 0 Å². The van der Waals surface area contributed by atoms with Crippen LogP contribution in [0, 0.1) is 12.7 Å². The van der Waals surface area contributed by atoms with E-state index in [-0.39, 0.29) is 11.9 Å². The molecule has 1 fully saturated rings. The van der Waals surface area contributed by atoms with E-state index in [1.165, 1.54) is 6.07 Å². The van der Waals surface area contributed by atoms with E-state index in [1.807, 2.05) is 0 Å². The normalized spacial score (nSPS) is 21.6. The van der Waals surface area contributed by atoms with Gasteiger partial charge in [0, 0.05) is 25.2 Å². The quantitative estimate of drug-likeness (QED) is 0.832. The number of hydrogen-bond acceptors (Lipinski definition) is 2. The number of halogens is 1. The summed E-state index contributed by atoms with van der Waals surface area (Å²) in [6.45, 7) is 4.43. The van der Waals surface area contributed by atoms with Crippen molar-refractivity contribution in [2.75, 3.05) is 26.7 Å². The fourth-order valence-electron chi connectivity index (χ4n) is 2.37. The smallest absolute Gasteiger partial charge is 0.128 e. The highest BCUT2D eigenvalue weighted by molar-refractivity contribution is 5.78. The van der Waals surface area contributed by atoms with Crippen LogP contribution in [0.4, 0.5) is 4.39 Å². The lowest BCUT2D eigenvalue weighted by Crippen LogP contribution is -2.40. The molecule has 2 heterocycles. The van der Waals surface area contributed by atoms with E-state index in [0.29, 0.717) is 11.1 Å². The topological polar surface area (TPSA) is 46.0 Å². The van der Waals surface area contributed by atoms with Gasteiger partial charge in [0.25, 0.3) is 0 Å². The van der Waals surface area contributed by atoms with Crippen LogP contribution in [0.25, 0.3) is 11.0 Å². The average Bonchev–Trinajstić information content (AvgIpc) is 2.79. The van der Waals surface area contributed by atoms with E-state index < -0.39 is 0 Å². The standard InChI is InChI=1S/C13H16FN4/c1-8-9(14)3-4-10-12(8)17-13(16-10)11-7-18(2)6-5-15-11/h3-4,11H,5-7H2,1-2H3,(H,16,17). The van der Waals surface area contributed by atoms with Crippen molar-refractivity contribution in [3.63, 3.8) is 0 Å². The van der Waals surface area contributed by atoms with Crippen LogP contribution in [0.15, 0.2) is 12.1 Å². The van der Waals surface area contributed by atoms with Gasteiger partial charge >= 0.3 is 0 Å². The fourth-order valence-corrected chi connectivity index (χ4v) is 2.37. The number of nitrogens with zero attached hydrogens (tertiary/aromatic N) is 3. The molecule has 1 saturated heterocycles. The maximum atomic E-state index is 13.5. The summed E-state index contributed by atoms with van der Waals surface area (Å²) in [7, 11) is 2.08. The predicted octanol–water partition coefficient (Wildman–Crippen LogP) is 1.60. The van der Waals surface area contributed by atoms with Crippen LogP contribution in [0.2, 0.25) is 0 Å². The van der Waals surface area contributed by atoms with Crippen LogP contribution in [0.1, 0.15) is 17.4 Å². The lowest BCUT2D eigenvalue weighted by Gasteiger charge is -2.28. The number of H-pyrrole nitrogens is 1. The van der Waals surface area contributed by atoms with Gasteiger partial charge in [-0.25, -0.2) is 14.7 Å². The Labute approximate surface area is 105 Å². The van der Waals surface area contributed by atoms with E-state index >= 15 is 0 Å². The molecule has 0 amide bonds. The molecule has 1 aliphatic rings. The Bertz CT molecular complexity index is 578. The molecule has 4 nitrogen and oxygen atoms in total. The number of imidazole rings is 1. The third kappa shape index (κ3) is 1.89. The van der Waals surface area contributed by atoms with Crippen LogP contribution < -0.4 is 5.32 Å². The molecule has 0 aliphatic carbocycles. The minimum Gasteiger partial charge on any atom is -0.341 e. The highest BCUT2D eigenvalue weighted by Crippen LogP contribution is 2.23. The second kappa shape index (κ2) is 4.33. The Morgan fingerprint density at radius 1 is 1.44 bits per heavy atom. The molecule has 1 unspecified atom stereocenters. The number of piperazine rings is 1. The van der Waals surface area contributed by atoms with Gasteiger partial charge in [0.05, 0.1) is 17.1 Å². The van der Waals surface area contributed by atoms with E-state index in [4.69, 9.17) is 0 Å². The SMILES string of the molecule is Cc1c(F)ccc2[nH]c(C3CN(C)CC[N]3)nc12. The Morgan fingerprint density at radius 3 is 3.06 bits per heavy atom. The molecule has 1 aliphatic heterocycles. The van der Waals surface area contributed by atoms with Crippen LogP contribution in [0.5, 0.6) is 0 Å². The maximum absolute atomic E-state index is 13.5. The van der Waals surface area contributed by atoms with Gasteiger partial charge in [-0.2, -0.15) is 0 Å². The number of likely N-dealkylation sites (N-methyl/N-ethyl adjacent to an activating group) is 1. The summed E-state index contributed by atoms with van der Waals surface area (Å²) in [5.41, 5.74) is 2.19. The maximum Gasteiger partial charge on any atom is 0.128 e. The second-order valence-corrected chi connectivity index (χ2v) is 4.87. The summed E-state index contributed by atoms with van der Waals surface area (Å²) >= 11 is 0. The van der Waals surface area contributed by atoms with Crippen molar-refractivity contribution in [1.82, 2.24) is 20.2 Å². The number of nitrogens with one attached hydrogen (secondary N) is 1. The molecule has 1 aromatic heterocycles. The molecule has 1 aromatic carbocycles. The summed E-state index contributed by atoms with van der Waals surface area (Å²) in [6, 6.07) is 3.28. The summed E-state index contributed by atoms with van der Waals surface area (Å²) in [6.07, 6.45) is 0. The first-order chi connectivity index (χ1) is 8.65. The number of hydrogen-bond donors (Lipinski definition) is 1. The molecular formula is C13H16FN4. The monoisotopic (exact) mass is 247 g/mol. The van der Waals surface area contributed by atoms with Gasteiger partial charge in [0.1, 0.15) is 11.6 Å². The molecule has 2 aromatic rings. The molecule has 1 atom stereocenters. The summed E-state index contributed by atoms with van der Waals surface area (Å²) in [5.74, 6) is 0.628. The predicted molar refractivity (Wildman–Crippen MR) is 68.0 cm³/mol. The summed E-state index contributed by atoms with van der Waals surface area (Å²) < 4.78 is 13.5. The minimum absolute atomic E-state index is 0.0682. The van der Waals surface area contributed by atoms with E-state index in [2.05, 4.69) is 27.2 Å². The molecule has 0 saturated carbocycles. The van der Waals surface area contributed by atoms with Crippen LogP contribution in [-0.4, -0.2) is 41.5 Å². The van der Waals surface area contributed by atoms with Crippen molar-refractivity contribution in [2.24, 2.45) is 0 Å². The second-order valence-electron chi connectivity index (χ2n) is 4.87. The number of rotatable bonds is 1. The van der Waals surface area contributed by atoms with Gasteiger partial charge in [-0.1, -0.05) is 0 Å². The largest absolute Gasteiger partial charge is 0.341 e. The summed E-state index contributed by atoms with van der Waals surface area (Å²) in [4.78, 5) is 10.0. The lowest BCUT2D eigenvalue weighted by atomic mass is 10.2. The molecule has 3 rings (SSSR count). The van der Waals surface area contributed by atoms with Crippen LogP contribution in [0.3, 0.4) is 0 Å². The Hall–Kier alpha value is -1.46. The average molecular weight is 247 g/mol. The first-order valence-electron chi connectivity index (χ1n) is 6.15. The zero-order chi connectivity index (χ0) is 12.7. The third-order valence-corrected chi connectivity index (χ3v) is 3.49. The van der Waals surface area contributed by atoms with Crippen molar-refractivity contribution >= 4 is 11.0 Å². The van der Waals surface area contributed by atoms with Gasteiger partial charge in [0.2, 0.25) is 0 Å². The number of fused-ring (bicyclic) bond motifs is 1. The number of aryl methyl sites for hydroxylation is 1. The molecule has 5 heteroatoms. The molecular weight excluding hydrogens is 231 g/mol. The van der Waals surface area contributed by atoms with Crippen molar-refractivity contribution in [2.45, 2.75) is 13.0 Å². The number of benzene rings is 1. The number of aromatic nitrogens is 2. The van der Waals surface area contributed by atoms with Gasteiger partial charge < -0.3 is 9.88 Å². The fraction of sp³-hybridized carbons (Fsp3) is 0.462. The zero-order valence-corrected chi connectivity index (χ0v) is 10.6. The molecule has 18 heavy (non-hydrogen) atoms. The Balaban J connectivity index is 2.00. The van der Waals surface area contributed by atoms with Gasteiger partial charge in [-0.3, -0.25) is 0 Å². The molecule has 1 N–H and O–H groups in total. The highest BCUT2D eigenvalue weighted by atomic mass is 19.1. The first kappa shape index (κ1) is 11.6. The molecule has 0 spiro atoms. The molecule has 95 valence electrons. The highest BCUT2D eigenvalue weighted by Gasteiger charge is 2.22. The number of aromatic amines is 1. The van der Waals surface area contributed by atoms with Gasteiger partial charge in [-0.05, 0) is 26.1 Å². The van der Waals surface area contributed by atoms with E-state index in [9.17, 15) is 4.39 Å². The van der Waals surface area contributed by atoms with Crippen LogP contribution >= 0.6 is 0 Å². The molecule has 0 bridgehead atoms. The molecule has 1 radical (unpaired) electrons. The summed E-state index contributed by atoms with van der Waals surface area (Å²) in [5, 5.41) is 4.57. The van der Waals surface area contributed by atoms with Crippen molar-refractivity contribution < 1.29 is 4.39 Å². The third-order valence-electron chi connectivity index (χ3n) is 3.49. The Kier molecular flexibility index (Phi) is 2.80. The van der Waals surface area contributed by atoms with E-state index in [1.54, 1.807) is 13.0 Å². The van der Waals surface area contributed by atoms with Gasteiger partial charge in [-0.15, -0.1) is 0 Å². The van der Waals surface area contributed by atoms with Crippen molar-refractivity contribution in [3.05, 3.63) is 29.3 Å². The minimum atomic E-state index is -0.210. The lowest BCUT2D eigenvalue weighted by molar-refractivity contribution is 0.232. The first-order valence-corrected chi connectivity index (χ1v) is 6.15. The van der Waals surface area contributed by atoms with Crippen molar-refractivity contribution in [1.29, 1.82) is 0 Å². The van der Waals surface area contributed by atoms with Crippen LogP contribution in [-0.2, 0) is 0 Å². The van der Waals surface area contributed by atoms with Crippen molar-refractivity contribution in [3.8, 4) is 0 Å². The Morgan fingerprint density at radius 2 is 2.28 bits per heavy atom. The van der Waals surface area contributed by atoms with E-state index in [0.717, 1.165) is 31.0 Å². The zero-order valence-electron chi connectivity index (χ0n) is 10.6.